The second-order valence-electron chi connectivity index (χ2n) is 3.08. The van der Waals surface area contributed by atoms with E-state index in [0.29, 0.717) is 22.8 Å². The second kappa shape index (κ2) is 5.25. The molecule has 0 heterocycles. The van der Waals surface area contributed by atoms with E-state index in [4.69, 9.17) is 14.2 Å². The van der Waals surface area contributed by atoms with Gasteiger partial charge in [0.15, 0.2) is 11.5 Å². The summed E-state index contributed by atoms with van der Waals surface area (Å²) >= 11 is 0. The van der Waals surface area contributed by atoms with E-state index in [1.807, 2.05) is 0 Å². The van der Waals surface area contributed by atoms with E-state index in [0.717, 1.165) is 0 Å². The average Bonchev–Trinajstić information content (AvgIpc) is 2.26. The van der Waals surface area contributed by atoms with Gasteiger partial charge in [-0.05, 0) is 17.7 Å². The summed E-state index contributed by atoms with van der Waals surface area (Å²) in [5.74, 6) is 0.137. The Hall–Kier alpha value is -1.91. The molecule has 1 aromatic rings. The number of carbonyl (C=O) groups is 1. The maximum Gasteiger partial charge on any atom is 0.359 e. The molecule has 0 atom stereocenters. The zero-order valence-electron chi connectivity index (χ0n) is 9.40. The Bertz CT molecular complexity index is 361. The average molecular weight is 225 g/mol. The van der Waals surface area contributed by atoms with Gasteiger partial charge < -0.3 is 14.2 Å². The van der Waals surface area contributed by atoms with Crippen LogP contribution in [0.2, 0.25) is 0 Å². The van der Waals surface area contributed by atoms with Crippen LogP contribution in [0.15, 0.2) is 12.1 Å². The molecule has 0 fully saturated rings. The van der Waals surface area contributed by atoms with Gasteiger partial charge in [-0.1, -0.05) is 0 Å². The van der Waals surface area contributed by atoms with Crippen LogP contribution in [-0.4, -0.2) is 27.3 Å². The molecule has 0 aliphatic heterocycles. The summed E-state index contributed by atoms with van der Waals surface area (Å²) in [6, 6.07) is 3.16. The van der Waals surface area contributed by atoms with Crippen molar-refractivity contribution in [3.05, 3.63) is 17.7 Å². The van der Waals surface area contributed by atoms with Gasteiger partial charge in [-0.2, -0.15) is 0 Å². The lowest BCUT2D eigenvalue weighted by molar-refractivity contribution is -0.142. The minimum absolute atomic E-state index is 0.198. The van der Waals surface area contributed by atoms with Gasteiger partial charge >= 0.3 is 5.97 Å². The maximum absolute atomic E-state index is 10.5. The second-order valence-corrected chi connectivity index (χ2v) is 3.08. The first-order chi connectivity index (χ1) is 7.62. The summed E-state index contributed by atoms with van der Waals surface area (Å²) in [4.78, 5) is 10.5. The Labute approximate surface area is 93.6 Å². The molecule has 1 rings (SSSR count). The fourth-order valence-electron chi connectivity index (χ4n) is 1.40. The molecule has 1 aromatic carbocycles. The first kappa shape index (κ1) is 12.2. The molecule has 0 aliphatic carbocycles. The third-order valence-corrected chi connectivity index (χ3v) is 2.07. The van der Waals surface area contributed by atoms with E-state index in [-0.39, 0.29) is 6.42 Å². The number of carbonyl (C=O) groups excluding carboxylic acids is 1. The van der Waals surface area contributed by atoms with Crippen LogP contribution in [0.5, 0.6) is 17.2 Å². The quantitative estimate of drug-likeness (QED) is 0.755. The van der Waals surface area contributed by atoms with Crippen molar-refractivity contribution in [2.24, 2.45) is 0 Å². The molecule has 0 spiro atoms. The van der Waals surface area contributed by atoms with Crippen molar-refractivity contribution in [2.45, 2.75) is 6.42 Å². The highest BCUT2D eigenvalue weighted by Gasteiger charge is 2.14. The van der Waals surface area contributed by atoms with Crippen molar-refractivity contribution in [3.63, 3.8) is 0 Å². The van der Waals surface area contributed by atoms with E-state index in [9.17, 15) is 9.90 Å². The Morgan fingerprint density at radius 2 is 1.56 bits per heavy atom. The summed E-state index contributed by atoms with van der Waals surface area (Å²) in [7, 11) is 4.43. The van der Waals surface area contributed by atoms with Gasteiger partial charge in [-0.3, -0.25) is 0 Å². The van der Waals surface area contributed by atoms with Crippen LogP contribution >= 0.6 is 0 Å². The van der Waals surface area contributed by atoms with Crippen LogP contribution in [0, 0.1) is 0 Å². The highest BCUT2D eigenvalue weighted by molar-refractivity contribution is 5.71. The zero-order valence-corrected chi connectivity index (χ0v) is 9.40. The molecule has 5 nitrogen and oxygen atoms in total. The van der Waals surface area contributed by atoms with E-state index in [1.165, 1.54) is 21.3 Å². The molecule has 0 aromatic heterocycles. The summed E-state index contributed by atoms with van der Waals surface area (Å²) in [6.45, 7) is 0. The minimum atomic E-state index is -1.16. The Morgan fingerprint density at radius 3 is 1.88 bits per heavy atom. The van der Waals surface area contributed by atoms with Crippen molar-refractivity contribution in [1.82, 2.24) is 0 Å². The highest BCUT2D eigenvalue weighted by atomic mass is 16.5. The van der Waals surface area contributed by atoms with Gasteiger partial charge in [0.05, 0.1) is 27.8 Å². The number of ether oxygens (including phenoxy) is 3. The van der Waals surface area contributed by atoms with Gasteiger partial charge in [0.2, 0.25) is 5.75 Å². The monoisotopic (exact) mass is 225 g/mol. The predicted molar refractivity (Wildman–Crippen MR) is 55.5 cm³/mol. The predicted octanol–water partition coefficient (Wildman–Crippen LogP) is 1.21. The lowest BCUT2D eigenvalue weighted by Crippen LogP contribution is -2.01. The van der Waals surface area contributed by atoms with Gasteiger partial charge in [0, 0.05) is 0 Å². The lowest BCUT2D eigenvalue weighted by atomic mass is 10.1. The molecule has 0 saturated heterocycles. The lowest BCUT2D eigenvalue weighted by Gasteiger charge is -2.13. The van der Waals surface area contributed by atoms with Crippen LogP contribution in [0.3, 0.4) is 0 Å². The van der Waals surface area contributed by atoms with Gasteiger partial charge in [-0.15, -0.1) is 0 Å². The van der Waals surface area contributed by atoms with Crippen molar-refractivity contribution in [3.8, 4) is 17.2 Å². The van der Waals surface area contributed by atoms with Crippen LogP contribution in [0.1, 0.15) is 5.56 Å². The number of methoxy groups -OCH3 is 3. The molecular weight excluding hydrogens is 212 g/mol. The van der Waals surface area contributed by atoms with Crippen molar-refractivity contribution in [1.29, 1.82) is 0 Å². The van der Waals surface area contributed by atoms with Crippen LogP contribution in [0.4, 0.5) is 0 Å². The van der Waals surface area contributed by atoms with Crippen molar-refractivity contribution < 1.29 is 24.1 Å². The normalized spacial score (nSPS) is 9.69. The smallest absolute Gasteiger partial charge is 0.359 e. The van der Waals surface area contributed by atoms with Crippen LogP contribution in [-0.2, 0) is 16.3 Å². The number of benzene rings is 1. The molecule has 5 heteroatoms. The van der Waals surface area contributed by atoms with Crippen LogP contribution in [0.25, 0.3) is 0 Å². The summed E-state index contributed by atoms with van der Waals surface area (Å²) in [6.07, 6.45) is -0.198. The Balaban J connectivity index is 3.20. The van der Waals surface area contributed by atoms with Gasteiger partial charge in [0.25, 0.3) is 0 Å². The third kappa shape index (κ3) is 2.56. The standard InChI is InChI=1S/C11H13O5/c1-14-8-4-7(6-10(12)13)5-9(15-2)11(8)16-3/h4-5H,6H2,1-3H3. The zero-order chi connectivity index (χ0) is 12.1. The molecular formula is C11H13O5. The van der Waals surface area contributed by atoms with E-state index < -0.39 is 5.97 Å². The fourth-order valence-corrected chi connectivity index (χ4v) is 1.40. The largest absolute Gasteiger partial charge is 0.493 e. The minimum Gasteiger partial charge on any atom is -0.493 e. The molecule has 1 radical (unpaired) electrons. The number of hydrogen-bond acceptors (Lipinski definition) is 4. The SMILES string of the molecule is COc1cc(CC([O])=O)cc(OC)c1OC. The molecule has 0 aliphatic rings. The first-order valence-electron chi connectivity index (χ1n) is 4.61. The Morgan fingerprint density at radius 1 is 1.06 bits per heavy atom. The summed E-state index contributed by atoms with van der Waals surface area (Å²) in [5, 5.41) is 10.5. The van der Waals surface area contributed by atoms with E-state index in [1.54, 1.807) is 12.1 Å². The number of rotatable bonds is 5. The molecule has 0 bridgehead atoms. The van der Waals surface area contributed by atoms with Crippen molar-refractivity contribution >= 4 is 5.97 Å². The summed E-state index contributed by atoms with van der Waals surface area (Å²) in [5.41, 5.74) is 0.537. The van der Waals surface area contributed by atoms with Gasteiger partial charge in [0.1, 0.15) is 0 Å². The maximum atomic E-state index is 10.5. The van der Waals surface area contributed by atoms with E-state index in [2.05, 4.69) is 0 Å². The molecule has 0 N–H and O–H groups in total. The molecule has 87 valence electrons. The van der Waals surface area contributed by atoms with Gasteiger partial charge in [-0.25, -0.2) is 9.90 Å². The fraction of sp³-hybridized carbons (Fsp3) is 0.364. The molecule has 0 saturated carbocycles. The van der Waals surface area contributed by atoms with Crippen molar-refractivity contribution in [2.75, 3.05) is 21.3 Å². The third-order valence-electron chi connectivity index (χ3n) is 2.07. The first-order valence-corrected chi connectivity index (χ1v) is 4.61. The van der Waals surface area contributed by atoms with E-state index >= 15 is 0 Å². The molecule has 0 unspecified atom stereocenters. The highest BCUT2D eigenvalue weighted by Crippen LogP contribution is 2.38. The van der Waals surface area contributed by atoms with Crippen LogP contribution < -0.4 is 14.2 Å². The summed E-state index contributed by atoms with van der Waals surface area (Å²) < 4.78 is 15.3. The topological polar surface area (TPSA) is 64.7 Å². The molecule has 0 amide bonds. The Kier molecular flexibility index (Phi) is 3.99. The number of hydrogen-bond donors (Lipinski definition) is 0. The molecule has 16 heavy (non-hydrogen) atoms.